The number of halogens is 1. The van der Waals surface area contributed by atoms with E-state index in [0.29, 0.717) is 23.8 Å². The Kier molecular flexibility index (Phi) is 4.16. The van der Waals surface area contributed by atoms with Crippen LogP contribution >= 0.6 is 11.6 Å². The van der Waals surface area contributed by atoms with E-state index in [2.05, 4.69) is 9.88 Å². The summed E-state index contributed by atoms with van der Waals surface area (Å²) in [6, 6.07) is 3.33. The molecule has 1 atom stereocenters. The maximum absolute atomic E-state index is 12.4. The van der Waals surface area contributed by atoms with Crippen molar-refractivity contribution in [3.63, 3.8) is 0 Å². The van der Waals surface area contributed by atoms with Crippen LogP contribution in [0.3, 0.4) is 0 Å². The third-order valence-corrected chi connectivity index (χ3v) is 3.40. The summed E-state index contributed by atoms with van der Waals surface area (Å²) in [5, 5.41) is 0.333. The van der Waals surface area contributed by atoms with Crippen LogP contribution in [0.15, 0.2) is 18.3 Å². The van der Waals surface area contributed by atoms with E-state index in [0.717, 1.165) is 13.1 Å². The molecule has 1 aromatic rings. The Morgan fingerprint density at radius 3 is 3.06 bits per heavy atom. The van der Waals surface area contributed by atoms with Crippen LogP contribution in [-0.4, -0.2) is 60.0 Å². The van der Waals surface area contributed by atoms with E-state index < -0.39 is 0 Å². The highest BCUT2D eigenvalue weighted by Gasteiger charge is 2.28. The van der Waals surface area contributed by atoms with Gasteiger partial charge in [0, 0.05) is 37.9 Å². The van der Waals surface area contributed by atoms with Crippen LogP contribution in [0.2, 0.25) is 5.15 Å². The van der Waals surface area contributed by atoms with E-state index >= 15 is 0 Å². The van der Waals surface area contributed by atoms with Crippen molar-refractivity contribution in [2.24, 2.45) is 5.73 Å². The van der Waals surface area contributed by atoms with Crippen LogP contribution in [0, 0.1) is 0 Å². The Morgan fingerprint density at radius 1 is 1.61 bits per heavy atom. The number of amides is 1. The van der Waals surface area contributed by atoms with Gasteiger partial charge in [-0.2, -0.15) is 0 Å². The molecule has 6 heteroatoms. The summed E-state index contributed by atoms with van der Waals surface area (Å²) in [7, 11) is 2.04. The minimum Gasteiger partial charge on any atom is -0.332 e. The number of likely N-dealkylation sites (N-methyl/N-ethyl adjacent to an activating group) is 1. The van der Waals surface area contributed by atoms with Gasteiger partial charge in [-0.05, 0) is 19.2 Å². The molecule has 0 spiro atoms. The Labute approximate surface area is 112 Å². The Bertz CT molecular complexity index is 440. The Balaban J connectivity index is 2.17. The van der Waals surface area contributed by atoms with E-state index in [-0.39, 0.29) is 11.9 Å². The SMILES string of the molecule is CN1CCN(C(=O)c2ccnc(Cl)c2)C(CN)C1. The monoisotopic (exact) mass is 268 g/mol. The average Bonchev–Trinajstić information content (AvgIpc) is 2.37. The lowest BCUT2D eigenvalue weighted by molar-refractivity contribution is 0.0516. The second-order valence-electron chi connectivity index (χ2n) is 4.52. The molecule has 1 aromatic heterocycles. The average molecular weight is 269 g/mol. The maximum atomic E-state index is 12.4. The highest BCUT2D eigenvalue weighted by atomic mass is 35.5. The largest absolute Gasteiger partial charge is 0.332 e. The number of hydrogen-bond acceptors (Lipinski definition) is 4. The molecule has 2 N–H and O–H groups in total. The minimum atomic E-state index is -0.0251. The van der Waals surface area contributed by atoms with Crippen molar-refractivity contribution >= 4 is 17.5 Å². The van der Waals surface area contributed by atoms with Crippen molar-refractivity contribution in [1.29, 1.82) is 0 Å². The number of nitrogens with zero attached hydrogens (tertiary/aromatic N) is 3. The molecule has 0 radical (unpaired) electrons. The summed E-state index contributed by atoms with van der Waals surface area (Å²) >= 11 is 5.81. The molecular formula is C12H17ClN4O. The van der Waals surface area contributed by atoms with Crippen molar-refractivity contribution in [1.82, 2.24) is 14.8 Å². The summed E-state index contributed by atoms with van der Waals surface area (Å²) in [5.74, 6) is -0.0251. The lowest BCUT2D eigenvalue weighted by Gasteiger charge is -2.39. The molecule has 1 unspecified atom stereocenters. The smallest absolute Gasteiger partial charge is 0.254 e. The Morgan fingerprint density at radius 2 is 2.39 bits per heavy atom. The van der Waals surface area contributed by atoms with E-state index in [9.17, 15) is 4.79 Å². The van der Waals surface area contributed by atoms with Gasteiger partial charge in [0.05, 0.1) is 6.04 Å². The molecule has 1 fully saturated rings. The molecule has 98 valence electrons. The van der Waals surface area contributed by atoms with Crippen LogP contribution in [0.4, 0.5) is 0 Å². The van der Waals surface area contributed by atoms with Gasteiger partial charge in [-0.1, -0.05) is 11.6 Å². The van der Waals surface area contributed by atoms with Gasteiger partial charge in [0.2, 0.25) is 0 Å². The summed E-state index contributed by atoms with van der Waals surface area (Å²) in [5.41, 5.74) is 6.31. The molecule has 1 amide bonds. The first-order chi connectivity index (χ1) is 8.61. The third kappa shape index (κ3) is 2.80. The first-order valence-electron chi connectivity index (χ1n) is 5.93. The molecule has 1 aliphatic rings. The van der Waals surface area contributed by atoms with E-state index in [1.807, 2.05) is 11.9 Å². The molecule has 5 nitrogen and oxygen atoms in total. The van der Waals surface area contributed by atoms with Gasteiger partial charge in [-0.3, -0.25) is 4.79 Å². The van der Waals surface area contributed by atoms with Gasteiger partial charge >= 0.3 is 0 Å². The van der Waals surface area contributed by atoms with Crippen LogP contribution in [0.25, 0.3) is 0 Å². The van der Waals surface area contributed by atoms with Crippen LogP contribution in [0.5, 0.6) is 0 Å². The first kappa shape index (κ1) is 13.3. The number of piperazine rings is 1. The summed E-state index contributed by atoms with van der Waals surface area (Å²) < 4.78 is 0. The summed E-state index contributed by atoms with van der Waals surface area (Å²) in [6.07, 6.45) is 1.54. The molecule has 0 bridgehead atoms. The number of aromatic nitrogens is 1. The molecule has 2 rings (SSSR count). The third-order valence-electron chi connectivity index (χ3n) is 3.19. The zero-order valence-electron chi connectivity index (χ0n) is 10.3. The quantitative estimate of drug-likeness (QED) is 0.791. The fourth-order valence-corrected chi connectivity index (χ4v) is 2.35. The number of carbonyl (C=O) groups excluding carboxylic acids is 1. The molecule has 2 heterocycles. The summed E-state index contributed by atoms with van der Waals surface area (Å²) in [6.45, 7) is 2.83. The first-order valence-corrected chi connectivity index (χ1v) is 6.30. The van der Waals surface area contributed by atoms with Gasteiger partial charge in [0.25, 0.3) is 5.91 Å². The fraction of sp³-hybridized carbons (Fsp3) is 0.500. The van der Waals surface area contributed by atoms with E-state index in [4.69, 9.17) is 17.3 Å². The lowest BCUT2D eigenvalue weighted by atomic mass is 10.1. The number of rotatable bonds is 2. The van der Waals surface area contributed by atoms with Crippen LogP contribution < -0.4 is 5.73 Å². The zero-order chi connectivity index (χ0) is 13.1. The topological polar surface area (TPSA) is 62.5 Å². The van der Waals surface area contributed by atoms with Gasteiger partial charge in [0.1, 0.15) is 5.15 Å². The van der Waals surface area contributed by atoms with Crippen LogP contribution in [0.1, 0.15) is 10.4 Å². The zero-order valence-corrected chi connectivity index (χ0v) is 11.1. The van der Waals surface area contributed by atoms with Crippen molar-refractivity contribution in [3.05, 3.63) is 29.0 Å². The fourth-order valence-electron chi connectivity index (χ4n) is 2.18. The van der Waals surface area contributed by atoms with Crippen LogP contribution in [-0.2, 0) is 0 Å². The van der Waals surface area contributed by atoms with Crippen molar-refractivity contribution in [2.45, 2.75) is 6.04 Å². The molecule has 0 saturated carbocycles. The number of carbonyl (C=O) groups is 1. The number of pyridine rings is 1. The molecule has 18 heavy (non-hydrogen) atoms. The normalized spacial score (nSPS) is 21.1. The highest BCUT2D eigenvalue weighted by Crippen LogP contribution is 2.14. The number of hydrogen-bond donors (Lipinski definition) is 1. The molecule has 1 aliphatic heterocycles. The van der Waals surface area contributed by atoms with Crippen molar-refractivity contribution in [3.8, 4) is 0 Å². The summed E-state index contributed by atoms with van der Waals surface area (Å²) in [4.78, 5) is 20.3. The predicted octanol–water partition coefficient (Wildman–Crippen LogP) is 0.450. The van der Waals surface area contributed by atoms with Gasteiger partial charge < -0.3 is 15.5 Å². The van der Waals surface area contributed by atoms with Crippen molar-refractivity contribution in [2.75, 3.05) is 33.2 Å². The molecular weight excluding hydrogens is 252 g/mol. The molecule has 1 saturated heterocycles. The van der Waals surface area contributed by atoms with E-state index in [1.54, 1.807) is 18.3 Å². The second-order valence-corrected chi connectivity index (χ2v) is 4.90. The Hall–Kier alpha value is -1.17. The predicted molar refractivity (Wildman–Crippen MR) is 70.6 cm³/mol. The maximum Gasteiger partial charge on any atom is 0.254 e. The standard InChI is InChI=1S/C12H17ClN4O/c1-16-4-5-17(10(7-14)8-16)12(18)9-2-3-15-11(13)6-9/h2-3,6,10H,4-5,7-8,14H2,1H3. The van der Waals surface area contributed by atoms with E-state index in [1.165, 1.54) is 0 Å². The van der Waals surface area contributed by atoms with Gasteiger partial charge in [-0.15, -0.1) is 0 Å². The molecule has 0 aliphatic carbocycles. The van der Waals surface area contributed by atoms with Gasteiger partial charge in [-0.25, -0.2) is 4.98 Å². The lowest BCUT2D eigenvalue weighted by Crippen LogP contribution is -2.56. The highest BCUT2D eigenvalue weighted by molar-refractivity contribution is 6.29. The number of nitrogens with two attached hydrogens (primary N) is 1. The van der Waals surface area contributed by atoms with Crippen molar-refractivity contribution < 1.29 is 4.79 Å². The minimum absolute atomic E-state index is 0.0251. The van der Waals surface area contributed by atoms with Gasteiger partial charge in [0.15, 0.2) is 0 Å². The molecule has 0 aromatic carbocycles. The second kappa shape index (κ2) is 5.65.